The molecule has 0 saturated carbocycles. The second-order valence-corrected chi connectivity index (χ2v) is 10.8. The summed E-state index contributed by atoms with van der Waals surface area (Å²) in [6, 6.07) is 0. The van der Waals surface area contributed by atoms with Crippen LogP contribution in [0.15, 0.2) is 23.3 Å². The third-order valence-electron chi connectivity index (χ3n) is 7.37. The number of ether oxygens (including phenoxy) is 4. The molecule has 0 radical (unpaired) electrons. The minimum Gasteiger partial charge on any atom is -0.394 e. The topological polar surface area (TPSA) is 199 Å². The first-order valence-corrected chi connectivity index (χ1v) is 12.6. The average Bonchev–Trinajstić information content (AvgIpc) is 2.83. The van der Waals surface area contributed by atoms with Crippen molar-refractivity contribution in [3.8, 4) is 0 Å². The zero-order valence-electron chi connectivity index (χ0n) is 21.6. The normalized spacial score (nSPS) is 43.8. The maximum absolute atomic E-state index is 10.3. The molecule has 8 N–H and O–H groups in total. The molecule has 0 aromatic heterocycles. The average molecular weight is 535 g/mol. The molecule has 3 rings (SSSR count). The molecular formula is C25H42O12. The maximum Gasteiger partial charge on any atom is 0.187 e. The lowest BCUT2D eigenvalue weighted by Gasteiger charge is -2.43. The van der Waals surface area contributed by atoms with Gasteiger partial charge in [-0.05, 0) is 37.7 Å². The summed E-state index contributed by atoms with van der Waals surface area (Å²) in [7, 11) is 0. The molecular weight excluding hydrogens is 492 g/mol. The fourth-order valence-corrected chi connectivity index (χ4v) is 5.28. The first kappa shape index (κ1) is 30.5. The van der Waals surface area contributed by atoms with E-state index in [2.05, 4.69) is 0 Å². The molecule has 0 amide bonds. The second-order valence-electron chi connectivity index (χ2n) is 10.8. The molecule has 12 heteroatoms. The van der Waals surface area contributed by atoms with Gasteiger partial charge in [-0.3, -0.25) is 0 Å². The van der Waals surface area contributed by atoms with Crippen LogP contribution in [0.3, 0.4) is 0 Å². The van der Waals surface area contributed by atoms with Crippen LogP contribution in [0.2, 0.25) is 0 Å². The van der Waals surface area contributed by atoms with Crippen molar-refractivity contribution in [1.82, 2.24) is 0 Å². The van der Waals surface area contributed by atoms with E-state index in [1.165, 1.54) is 0 Å². The van der Waals surface area contributed by atoms with Gasteiger partial charge in [0.25, 0.3) is 0 Å². The molecule has 0 aromatic rings. The van der Waals surface area contributed by atoms with Crippen molar-refractivity contribution in [1.29, 1.82) is 0 Å². The number of hydrogen-bond acceptors (Lipinski definition) is 12. The molecule has 1 unspecified atom stereocenters. The van der Waals surface area contributed by atoms with E-state index in [1.54, 1.807) is 13.0 Å². The molecule has 2 heterocycles. The first-order valence-electron chi connectivity index (χ1n) is 12.6. The van der Waals surface area contributed by atoms with E-state index in [0.29, 0.717) is 12.8 Å². The smallest absolute Gasteiger partial charge is 0.187 e. The lowest BCUT2D eigenvalue weighted by Crippen LogP contribution is -2.59. The summed E-state index contributed by atoms with van der Waals surface area (Å²) in [5, 5.41) is 79.2. The minimum atomic E-state index is -1.52. The quantitative estimate of drug-likeness (QED) is 0.172. The van der Waals surface area contributed by atoms with Gasteiger partial charge in [0.15, 0.2) is 12.6 Å². The molecule has 0 bridgehead atoms. The third-order valence-corrected chi connectivity index (χ3v) is 7.37. The molecule has 37 heavy (non-hydrogen) atoms. The van der Waals surface area contributed by atoms with Crippen LogP contribution in [-0.4, -0.2) is 128 Å². The lowest BCUT2D eigenvalue weighted by atomic mass is 9.71. The van der Waals surface area contributed by atoms with Crippen molar-refractivity contribution in [2.75, 3.05) is 13.2 Å². The third kappa shape index (κ3) is 6.78. The molecule has 2 fully saturated rings. The zero-order valence-corrected chi connectivity index (χ0v) is 21.6. The molecule has 12 atom stereocenters. The Morgan fingerprint density at radius 2 is 1.38 bits per heavy atom. The number of aliphatic hydroxyl groups excluding tert-OH is 8. The van der Waals surface area contributed by atoms with Crippen molar-refractivity contribution >= 4 is 0 Å². The van der Waals surface area contributed by atoms with E-state index in [1.807, 2.05) is 26.8 Å². The predicted octanol–water partition coefficient (Wildman–Crippen LogP) is -1.93. The Balaban J connectivity index is 1.64. The van der Waals surface area contributed by atoms with Gasteiger partial charge in [-0.1, -0.05) is 31.6 Å². The fraction of sp³-hybridized carbons (Fsp3) is 0.840. The van der Waals surface area contributed by atoms with Gasteiger partial charge >= 0.3 is 0 Å². The van der Waals surface area contributed by atoms with Crippen LogP contribution in [0.4, 0.5) is 0 Å². The van der Waals surface area contributed by atoms with Crippen molar-refractivity contribution in [2.24, 2.45) is 5.41 Å². The number of hydrogen-bond donors (Lipinski definition) is 8. The molecule has 3 aliphatic rings. The van der Waals surface area contributed by atoms with Crippen LogP contribution in [0.5, 0.6) is 0 Å². The Bertz CT molecular complexity index is 811. The second kappa shape index (κ2) is 12.5. The highest BCUT2D eigenvalue weighted by atomic mass is 16.7. The Kier molecular flexibility index (Phi) is 10.3. The van der Waals surface area contributed by atoms with E-state index in [-0.39, 0.29) is 11.5 Å². The van der Waals surface area contributed by atoms with Gasteiger partial charge in [0, 0.05) is 0 Å². The molecule has 0 aromatic carbocycles. The summed E-state index contributed by atoms with van der Waals surface area (Å²) in [6.07, 6.45) is -9.55. The Morgan fingerprint density at radius 3 is 1.89 bits per heavy atom. The van der Waals surface area contributed by atoms with Gasteiger partial charge < -0.3 is 59.8 Å². The van der Waals surface area contributed by atoms with Crippen LogP contribution < -0.4 is 0 Å². The van der Waals surface area contributed by atoms with Gasteiger partial charge in [-0.2, -0.15) is 0 Å². The van der Waals surface area contributed by atoms with Crippen LogP contribution in [0.1, 0.15) is 40.5 Å². The van der Waals surface area contributed by atoms with Gasteiger partial charge in [0.1, 0.15) is 48.8 Å². The van der Waals surface area contributed by atoms with Crippen LogP contribution >= 0.6 is 0 Å². The SMILES string of the molecule is CC1=C(/C=C/C(C)O[C@@H]2O[C@H](CO)[C@@H](O)[C@H](O)[C@H]2O)C(C)(C)C[C@H](O[C@@H]2O[C@H](CO)[C@@H](O)[C@H](O)[C@H]2O)C1. The molecule has 12 nitrogen and oxygen atoms in total. The molecule has 2 saturated heterocycles. The Labute approximate surface area is 216 Å². The van der Waals surface area contributed by atoms with Crippen molar-refractivity contribution in [3.63, 3.8) is 0 Å². The van der Waals surface area contributed by atoms with E-state index in [0.717, 1.165) is 11.1 Å². The summed E-state index contributed by atoms with van der Waals surface area (Å²) in [6.45, 7) is 6.67. The lowest BCUT2D eigenvalue weighted by molar-refractivity contribution is -0.313. The molecule has 2 aliphatic heterocycles. The summed E-state index contributed by atoms with van der Waals surface area (Å²) >= 11 is 0. The monoisotopic (exact) mass is 534 g/mol. The van der Waals surface area contributed by atoms with E-state index < -0.39 is 80.7 Å². The van der Waals surface area contributed by atoms with Gasteiger partial charge in [0.05, 0.1) is 25.4 Å². The van der Waals surface area contributed by atoms with Crippen molar-refractivity contribution in [3.05, 3.63) is 23.3 Å². The van der Waals surface area contributed by atoms with Gasteiger partial charge in [-0.25, -0.2) is 0 Å². The highest BCUT2D eigenvalue weighted by molar-refractivity contribution is 5.34. The summed E-state index contributed by atoms with van der Waals surface area (Å²) in [5.74, 6) is 0. The van der Waals surface area contributed by atoms with Crippen molar-refractivity contribution < 1.29 is 59.8 Å². The van der Waals surface area contributed by atoms with Gasteiger partial charge in [0.2, 0.25) is 0 Å². The Morgan fingerprint density at radius 1 is 0.865 bits per heavy atom. The number of rotatable bonds is 8. The molecule has 0 spiro atoms. The van der Waals surface area contributed by atoms with E-state index in [9.17, 15) is 40.9 Å². The number of aliphatic hydroxyl groups is 8. The van der Waals surface area contributed by atoms with Crippen LogP contribution in [0.25, 0.3) is 0 Å². The fourth-order valence-electron chi connectivity index (χ4n) is 5.28. The summed E-state index contributed by atoms with van der Waals surface area (Å²) < 4.78 is 22.6. The van der Waals surface area contributed by atoms with Gasteiger partial charge in [-0.15, -0.1) is 0 Å². The number of allylic oxidation sites excluding steroid dienone is 2. The largest absolute Gasteiger partial charge is 0.394 e. The van der Waals surface area contributed by atoms with Crippen LogP contribution in [-0.2, 0) is 18.9 Å². The highest BCUT2D eigenvalue weighted by Gasteiger charge is 2.46. The standard InChI is InChI=1S/C25H42O12/c1-11-7-13(35-24-22(33)20(31)18(29)16(10-27)37-24)8-25(3,4)14(11)6-5-12(2)34-23-21(32)19(30)17(28)15(9-26)36-23/h5-6,12-13,15-24,26-33H,7-10H2,1-4H3/b6-5+/t12?,13-,15-,16-,17-,18-,19+,20+,21-,22-,23-,24-/m1/s1. The zero-order chi connectivity index (χ0) is 27.7. The van der Waals surface area contributed by atoms with E-state index in [4.69, 9.17) is 18.9 Å². The van der Waals surface area contributed by atoms with E-state index >= 15 is 0 Å². The molecule has 1 aliphatic carbocycles. The van der Waals surface area contributed by atoms with Crippen molar-refractivity contribution in [2.45, 2.75) is 114 Å². The maximum atomic E-state index is 10.3. The molecule has 214 valence electrons. The van der Waals surface area contributed by atoms with Crippen LogP contribution in [0, 0.1) is 5.41 Å². The predicted molar refractivity (Wildman–Crippen MR) is 128 cm³/mol. The minimum absolute atomic E-state index is 0.351. The Hall–Kier alpha value is -1.00. The summed E-state index contributed by atoms with van der Waals surface area (Å²) in [5.41, 5.74) is 1.69. The summed E-state index contributed by atoms with van der Waals surface area (Å²) in [4.78, 5) is 0. The highest BCUT2D eigenvalue weighted by Crippen LogP contribution is 2.43. The first-order chi connectivity index (χ1) is 17.3.